The molecule has 0 aliphatic rings. The average molecular weight is 298 g/mol. The molecule has 0 bridgehead atoms. The van der Waals surface area contributed by atoms with Crippen LogP contribution in [0.3, 0.4) is 0 Å². The monoisotopic (exact) mass is 298 g/mol. The predicted molar refractivity (Wildman–Crippen MR) is 88.2 cm³/mol. The molecule has 5 heteroatoms. The van der Waals surface area contributed by atoms with Crippen LogP contribution in [0.2, 0.25) is 0 Å². The molecule has 0 spiro atoms. The van der Waals surface area contributed by atoms with E-state index in [1.54, 1.807) is 7.11 Å². The topological polar surface area (TPSA) is 41.6 Å². The Kier molecular flexibility index (Phi) is 6.14. The second-order valence-corrected chi connectivity index (χ2v) is 6.80. The van der Waals surface area contributed by atoms with Gasteiger partial charge in [0.1, 0.15) is 10.2 Å². The Morgan fingerprint density at radius 3 is 2.55 bits per heavy atom. The van der Waals surface area contributed by atoms with Crippen molar-refractivity contribution in [3.63, 3.8) is 0 Å². The number of nitrogens with one attached hydrogen (secondary N) is 1. The molecule has 0 heterocycles. The van der Waals surface area contributed by atoms with Crippen LogP contribution in [0.15, 0.2) is 4.79 Å². The van der Waals surface area contributed by atoms with Crippen LogP contribution in [-0.4, -0.2) is 33.9 Å². The van der Waals surface area contributed by atoms with Crippen LogP contribution in [0, 0.1) is 9.93 Å². The van der Waals surface area contributed by atoms with Gasteiger partial charge in [-0.05, 0) is 18.3 Å². The fourth-order valence-electron chi connectivity index (χ4n) is 2.14. The lowest BCUT2D eigenvalue weighted by molar-refractivity contribution is 0.211. The minimum atomic E-state index is -0.0156. The second-order valence-electron chi connectivity index (χ2n) is 6.39. The normalized spacial score (nSPS) is 11.8. The van der Waals surface area contributed by atoms with Gasteiger partial charge in [-0.2, -0.15) is 0 Å². The van der Waals surface area contributed by atoms with Gasteiger partial charge in [0.05, 0.1) is 12.3 Å². The lowest BCUT2D eigenvalue weighted by atomic mass is 9.90. The summed E-state index contributed by atoms with van der Waals surface area (Å²) in [5.41, 5.74) is 1.84. The van der Waals surface area contributed by atoms with Gasteiger partial charge >= 0.3 is 0 Å². The van der Waals surface area contributed by atoms with Gasteiger partial charge in [0, 0.05) is 27.2 Å². The fourth-order valence-corrected chi connectivity index (χ4v) is 2.41. The van der Waals surface area contributed by atoms with Gasteiger partial charge in [0.15, 0.2) is 0 Å². The lowest BCUT2D eigenvalue weighted by Gasteiger charge is -2.26. The first-order chi connectivity index (χ1) is 9.28. The molecule has 0 saturated heterocycles. The molecule has 1 rings (SSSR count). The summed E-state index contributed by atoms with van der Waals surface area (Å²) in [7, 11) is 3.61. The molecule has 0 aliphatic heterocycles. The first-order valence-electron chi connectivity index (χ1n) is 7.05. The van der Waals surface area contributed by atoms with E-state index in [0.717, 1.165) is 30.8 Å². The standard InChI is InChI=1S/C15H26N2O2S/c1-15(2,3)7-6-9-17(4)12-11(14(20)13(12)18)16-8-10-19-5/h16H,6-10H2,1-5H3. The van der Waals surface area contributed by atoms with Gasteiger partial charge in [0.2, 0.25) is 5.43 Å². The Hall–Kier alpha value is -0.940. The average Bonchev–Trinajstić information content (AvgIpc) is 2.35. The predicted octanol–water partition coefficient (Wildman–Crippen LogP) is 2.97. The number of hydrogen-bond donors (Lipinski definition) is 1. The van der Waals surface area contributed by atoms with E-state index in [1.165, 1.54) is 0 Å². The number of rotatable bonds is 8. The minimum Gasteiger partial charge on any atom is -0.383 e. The SMILES string of the molecule is COCCNc1c(N(C)CCCC(C)(C)C)c(=O)c1=S. The van der Waals surface area contributed by atoms with Gasteiger partial charge in [-0.1, -0.05) is 33.0 Å². The van der Waals surface area contributed by atoms with Crippen molar-refractivity contribution in [2.24, 2.45) is 5.41 Å². The number of anilines is 2. The lowest BCUT2D eigenvalue weighted by Crippen LogP contribution is -2.31. The number of ether oxygens (including phenoxy) is 1. The summed E-state index contributed by atoms with van der Waals surface area (Å²) in [5.74, 6) is 0. The fraction of sp³-hybridized carbons (Fsp3) is 0.733. The van der Waals surface area contributed by atoms with Crippen LogP contribution in [0.1, 0.15) is 33.6 Å². The molecule has 4 nitrogen and oxygen atoms in total. The van der Waals surface area contributed by atoms with Crippen molar-refractivity contribution in [1.82, 2.24) is 0 Å². The molecule has 0 fully saturated rings. The molecule has 0 amide bonds. The Morgan fingerprint density at radius 1 is 1.35 bits per heavy atom. The van der Waals surface area contributed by atoms with Gasteiger partial charge in [-0.25, -0.2) is 0 Å². The largest absolute Gasteiger partial charge is 0.383 e. The first kappa shape index (κ1) is 17.1. The van der Waals surface area contributed by atoms with E-state index in [-0.39, 0.29) is 5.43 Å². The summed E-state index contributed by atoms with van der Waals surface area (Å²) in [4.78, 5) is 13.9. The Bertz CT molecular complexity index is 499. The van der Waals surface area contributed by atoms with Crippen LogP contribution < -0.4 is 15.6 Å². The van der Waals surface area contributed by atoms with Crippen molar-refractivity contribution < 1.29 is 4.74 Å². The van der Waals surface area contributed by atoms with E-state index >= 15 is 0 Å². The molecule has 0 aliphatic carbocycles. The number of methoxy groups -OCH3 is 1. The molecule has 1 aromatic carbocycles. The highest BCUT2D eigenvalue weighted by molar-refractivity contribution is 7.71. The van der Waals surface area contributed by atoms with Crippen molar-refractivity contribution >= 4 is 23.6 Å². The zero-order valence-corrected chi connectivity index (χ0v) is 14.0. The molecule has 0 aromatic heterocycles. The van der Waals surface area contributed by atoms with Crippen LogP contribution in [0.4, 0.5) is 11.4 Å². The molecule has 1 aromatic rings. The van der Waals surface area contributed by atoms with Crippen molar-refractivity contribution in [2.75, 3.05) is 44.1 Å². The van der Waals surface area contributed by atoms with Gasteiger partial charge < -0.3 is 15.0 Å². The number of nitrogens with zero attached hydrogens (tertiary/aromatic N) is 1. The molecule has 1 N–H and O–H groups in total. The molecule has 0 unspecified atom stereocenters. The summed E-state index contributed by atoms with van der Waals surface area (Å²) >= 11 is 5.11. The Balaban J connectivity index is 2.59. The third-order valence-electron chi connectivity index (χ3n) is 3.30. The van der Waals surface area contributed by atoms with Crippen molar-refractivity contribution in [3.8, 4) is 0 Å². The summed E-state index contributed by atoms with van der Waals surface area (Å²) in [5, 5.41) is 3.19. The zero-order valence-electron chi connectivity index (χ0n) is 13.2. The quantitative estimate of drug-likeness (QED) is 0.590. The van der Waals surface area contributed by atoms with Gasteiger partial charge in [0.25, 0.3) is 0 Å². The molecular weight excluding hydrogens is 272 g/mol. The van der Waals surface area contributed by atoms with Crippen molar-refractivity contribution in [1.29, 1.82) is 0 Å². The molecule has 0 radical (unpaired) electrons. The highest BCUT2D eigenvalue weighted by Crippen LogP contribution is 2.27. The maximum absolute atomic E-state index is 11.9. The highest BCUT2D eigenvalue weighted by atomic mass is 32.1. The molecule has 114 valence electrons. The maximum Gasteiger partial charge on any atom is 0.224 e. The third kappa shape index (κ3) is 4.56. The first-order valence-corrected chi connectivity index (χ1v) is 7.46. The summed E-state index contributed by atoms with van der Waals surface area (Å²) < 4.78 is 5.41. The Morgan fingerprint density at radius 2 is 2.00 bits per heavy atom. The highest BCUT2D eigenvalue weighted by Gasteiger charge is 2.21. The van der Waals surface area contributed by atoms with Crippen LogP contribution in [0.5, 0.6) is 0 Å². The molecule has 0 saturated carbocycles. The molecule has 0 atom stereocenters. The van der Waals surface area contributed by atoms with Crippen molar-refractivity contribution in [2.45, 2.75) is 33.6 Å². The van der Waals surface area contributed by atoms with Crippen molar-refractivity contribution in [3.05, 3.63) is 14.7 Å². The third-order valence-corrected chi connectivity index (χ3v) is 3.68. The second kappa shape index (κ2) is 7.18. The van der Waals surface area contributed by atoms with Crippen LogP contribution >= 0.6 is 12.2 Å². The van der Waals surface area contributed by atoms with E-state index in [0.29, 0.717) is 23.1 Å². The van der Waals surface area contributed by atoms with E-state index in [1.807, 2.05) is 11.9 Å². The Labute approximate surface area is 126 Å². The van der Waals surface area contributed by atoms with E-state index in [9.17, 15) is 4.79 Å². The van der Waals surface area contributed by atoms with E-state index in [2.05, 4.69) is 26.1 Å². The molecular formula is C15H26N2O2S. The van der Waals surface area contributed by atoms with E-state index < -0.39 is 0 Å². The van der Waals surface area contributed by atoms with Crippen LogP contribution in [-0.2, 0) is 4.74 Å². The summed E-state index contributed by atoms with van der Waals surface area (Å²) in [6, 6.07) is 0. The van der Waals surface area contributed by atoms with Gasteiger partial charge in [-0.15, -0.1) is 0 Å². The smallest absolute Gasteiger partial charge is 0.224 e. The number of hydrogen-bond acceptors (Lipinski definition) is 5. The summed E-state index contributed by atoms with van der Waals surface area (Å²) in [6.45, 7) is 8.82. The van der Waals surface area contributed by atoms with Crippen LogP contribution in [0.25, 0.3) is 0 Å². The van der Waals surface area contributed by atoms with E-state index in [4.69, 9.17) is 17.0 Å². The maximum atomic E-state index is 11.9. The van der Waals surface area contributed by atoms with Gasteiger partial charge in [-0.3, -0.25) is 4.79 Å². The molecule has 20 heavy (non-hydrogen) atoms. The summed E-state index contributed by atoms with van der Waals surface area (Å²) in [6.07, 6.45) is 2.20. The minimum absolute atomic E-state index is 0.0156. The zero-order chi connectivity index (χ0) is 15.3.